The van der Waals surface area contributed by atoms with Crippen molar-refractivity contribution in [3.8, 4) is 0 Å². The van der Waals surface area contributed by atoms with Gasteiger partial charge in [0.05, 0.1) is 6.54 Å². The van der Waals surface area contributed by atoms with Crippen LogP contribution in [0, 0.1) is 6.92 Å². The molecule has 0 aromatic carbocycles. The van der Waals surface area contributed by atoms with Crippen LogP contribution in [0.15, 0.2) is 18.2 Å². The molecule has 1 amide bonds. The number of pyridine rings is 1. The molecule has 0 saturated heterocycles. The van der Waals surface area contributed by atoms with Crippen LogP contribution in [0.4, 0.5) is 5.82 Å². The average Bonchev–Trinajstić information content (AvgIpc) is 2.98. The highest BCUT2D eigenvalue weighted by molar-refractivity contribution is 5.91. The zero-order valence-electron chi connectivity index (χ0n) is 8.79. The van der Waals surface area contributed by atoms with Crippen LogP contribution in [0.1, 0.15) is 18.5 Å². The summed E-state index contributed by atoms with van der Waals surface area (Å²) in [5.41, 5.74) is 0.906. The van der Waals surface area contributed by atoms with Crippen molar-refractivity contribution in [2.45, 2.75) is 25.8 Å². The molecule has 1 aliphatic carbocycles. The molecule has 0 aliphatic heterocycles. The van der Waals surface area contributed by atoms with Crippen molar-refractivity contribution >= 4 is 11.7 Å². The summed E-state index contributed by atoms with van der Waals surface area (Å²) in [7, 11) is 0. The minimum absolute atomic E-state index is 0.0278. The van der Waals surface area contributed by atoms with E-state index in [1.165, 1.54) is 12.8 Å². The van der Waals surface area contributed by atoms with E-state index in [4.69, 9.17) is 0 Å². The summed E-state index contributed by atoms with van der Waals surface area (Å²) >= 11 is 0. The zero-order chi connectivity index (χ0) is 10.7. The maximum atomic E-state index is 11.4. The van der Waals surface area contributed by atoms with Crippen LogP contribution in [-0.2, 0) is 4.79 Å². The van der Waals surface area contributed by atoms with Crippen molar-refractivity contribution in [3.05, 3.63) is 23.9 Å². The first-order valence-corrected chi connectivity index (χ1v) is 5.21. The van der Waals surface area contributed by atoms with Gasteiger partial charge in [-0.15, -0.1) is 0 Å². The van der Waals surface area contributed by atoms with Crippen molar-refractivity contribution in [3.63, 3.8) is 0 Å². The van der Waals surface area contributed by atoms with Gasteiger partial charge in [0.15, 0.2) is 0 Å². The summed E-state index contributed by atoms with van der Waals surface area (Å²) in [6.07, 6.45) is 2.38. The van der Waals surface area contributed by atoms with Crippen molar-refractivity contribution in [1.82, 2.24) is 10.3 Å². The van der Waals surface area contributed by atoms with E-state index in [-0.39, 0.29) is 5.91 Å². The van der Waals surface area contributed by atoms with E-state index >= 15 is 0 Å². The van der Waals surface area contributed by atoms with E-state index in [0.29, 0.717) is 18.4 Å². The number of amides is 1. The molecule has 0 spiro atoms. The molecule has 0 bridgehead atoms. The predicted octanol–water partition coefficient (Wildman–Crippen LogP) is 1.08. The number of carbonyl (C=O) groups is 1. The minimum atomic E-state index is -0.0278. The van der Waals surface area contributed by atoms with Gasteiger partial charge in [-0.25, -0.2) is 4.98 Å². The Balaban J connectivity index is 1.81. The second-order valence-corrected chi connectivity index (χ2v) is 3.87. The lowest BCUT2D eigenvalue weighted by Gasteiger charge is -2.05. The molecule has 80 valence electrons. The number of nitrogens with zero attached hydrogens (tertiary/aromatic N) is 1. The molecule has 1 saturated carbocycles. The molecule has 1 aromatic rings. The quantitative estimate of drug-likeness (QED) is 0.773. The van der Waals surface area contributed by atoms with Crippen LogP contribution < -0.4 is 10.6 Å². The first-order valence-electron chi connectivity index (χ1n) is 5.21. The molecule has 1 fully saturated rings. The number of hydrogen-bond acceptors (Lipinski definition) is 3. The molecule has 2 rings (SSSR count). The number of anilines is 1. The molecule has 1 aliphatic rings. The Bertz CT molecular complexity index is 361. The highest BCUT2D eigenvalue weighted by Crippen LogP contribution is 2.18. The number of nitrogens with one attached hydrogen (secondary N) is 2. The molecule has 4 heteroatoms. The molecule has 0 unspecified atom stereocenters. The number of aryl methyl sites for hydroxylation is 1. The molecule has 15 heavy (non-hydrogen) atoms. The number of aromatic nitrogens is 1. The van der Waals surface area contributed by atoms with Gasteiger partial charge in [-0.3, -0.25) is 4.79 Å². The summed E-state index contributed by atoms with van der Waals surface area (Å²) < 4.78 is 0. The summed E-state index contributed by atoms with van der Waals surface area (Å²) in [6.45, 7) is 2.28. The molecule has 2 N–H and O–H groups in total. The van der Waals surface area contributed by atoms with E-state index in [2.05, 4.69) is 15.6 Å². The lowest BCUT2D eigenvalue weighted by atomic mass is 10.4. The first-order chi connectivity index (χ1) is 7.24. The van der Waals surface area contributed by atoms with Gasteiger partial charge >= 0.3 is 0 Å². The fourth-order valence-corrected chi connectivity index (χ4v) is 1.32. The summed E-state index contributed by atoms with van der Waals surface area (Å²) in [5, 5.41) is 5.90. The molecule has 0 atom stereocenters. The van der Waals surface area contributed by atoms with E-state index in [9.17, 15) is 4.79 Å². The van der Waals surface area contributed by atoms with Gasteiger partial charge < -0.3 is 10.6 Å². The highest BCUT2D eigenvalue weighted by atomic mass is 16.1. The van der Waals surface area contributed by atoms with Gasteiger partial charge in [-0.05, 0) is 31.9 Å². The average molecular weight is 205 g/mol. The Morgan fingerprint density at radius 1 is 1.53 bits per heavy atom. The number of hydrogen-bond donors (Lipinski definition) is 2. The molecular formula is C11H15N3O. The number of rotatable bonds is 4. The maximum absolute atomic E-state index is 11.4. The van der Waals surface area contributed by atoms with Crippen LogP contribution >= 0.6 is 0 Å². The third-order valence-electron chi connectivity index (χ3n) is 2.28. The number of carbonyl (C=O) groups excluding carboxylic acids is 1. The lowest BCUT2D eigenvalue weighted by molar-refractivity contribution is -0.115. The molecule has 4 nitrogen and oxygen atoms in total. The molecular weight excluding hydrogens is 190 g/mol. The zero-order valence-corrected chi connectivity index (χ0v) is 8.79. The largest absolute Gasteiger partial charge is 0.310 e. The maximum Gasteiger partial charge on any atom is 0.239 e. The van der Waals surface area contributed by atoms with Crippen LogP contribution in [-0.4, -0.2) is 23.5 Å². The summed E-state index contributed by atoms with van der Waals surface area (Å²) in [6, 6.07) is 6.13. The van der Waals surface area contributed by atoms with Crippen LogP contribution in [0.3, 0.4) is 0 Å². The van der Waals surface area contributed by atoms with Crippen molar-refractivity contribution < 1.29 is 4.79 Å². The monoisotopic (exact) mass is 205 g/mol. The third-order valence-corrected chi connectivity index (χ3v) is 2.28. The Morgan fingerprint density at radius 3 is 3.00 bits per heavy atom. The Kier molecular flexibility index (Phi) is 2.97. The van der Waals surface area contributed by atoms with Gasteiger partial charge in [0.2, 0.25) is 5.91 Å². The Labute approximate surface area is 89.1 Å². The summed E-state index contributed by atoms with van der Waals surface area (Å²) in [4.78, 5) is 15.6. The Morgan fingerprint density at radius 2 is 2.33 bits per heavy atom. The molecule has 1 heterocycles. The first kappa shape index (κ1) is 10.1. The van der Waals surface area contributed by atoms with Gasteiger partial charge in [0.1, 0.15) is 5.82 Å². The predicted molar refractivity (Wildman–Crippen MR) is 58.6 cm³/mol. The summed E-state index contributed by atoms with van der Waals surface area (Å²) in [5.74, 6) is 0.595. The normalized spacial score (nSPS) is 15.0. The SMILES string of the molecule is Cc1cccc(NC(=O)CNC2CC2)n1. The van der Waals surface area contributed by atoms with E-state index in [1.807, 2.05) is 19.1 Å². The van der Waals surface area contributed by atoms with Crippen LogP contribution in [0.5, 0.6) is 0 Å². The smallest absolute Gasteiger partial charge is 0.239 e. The topological polar surface area (TPSA) is 54.0 Å². The van der Waals surface area contributed by atoms with Crippen molar-refractivity contribution in [2.75, 3.05) is 11.9 Å². The standard InChI is InChI=1S/C11H15N3O/c1-8-3-2-4-10(13-8)14-11(15)7-12-9-5-6-9/h2-4,9,12H,5-7H2,1H3,(H,13,14,15). The van der Waals surface area contributed by atoms with Crippen molar-refractivity contribution in [1.29, 1.82) is 0 Å². The van der Waals surface area contributed by atoms with E-state index < -0.39 is 0 Å². The van der Waals surface area contributed by atoms with Gasteiger partial charge in [-0.2, -0.15) is 0 Å². The fourth-order valence-electron chi connectivity index (χ4n) is 1.32. The van der Waals surface area contributed by atoms with Crippen LogP contribution in [0.2, 0.25) is 0 Å². The molecule has 1 aromatic heterocycles. The van der Waals surface area contributed by atoms with Crippen molar-refractivity contribution in [2.24, 2.45) is 0 Å². The lowest BCUT2D eigenvalue weighted by Crippen LogP contribution is -2.29. The second kappa shape index (κ2) is 4.40. The molecule has 0 radical (unpaired) electrons. The van der Waals surface area contributed by atoms with Gasteiger partial charge in [0, 0.05) is 11.7 Å². The Hall–Kier alpha value is -1.42. The second-order valence-electron chi connectivity index (χ2n) is 3.87. The minimum Gasteiger partial charge on any atom is -0.310 e. The van der Waals surface area contributed by atoms with Gasteiger partial charge in [0.25, 0.3) is 0 Å². The van der Waals surface area contributed by atoms with Gasteiger partial charge in [-0.1, -0.05) is 6.07 Å². The van der Waals surface area contributed by atoms with E-state index in [1.54, 1.807) is 6.07 Å². The fraction of sp³-hybridized carbons (Fsp3) is 0.455. The van der Waals surface area contributed by atoms with Crippen LogP contribution in [0.25, 0.3) is 0 Å². The third kappa shape index (κ3) is 3.32. The van der Waals surface area contributed by atoms with E-state index in [0.717, 1.165) is 5.69 Å². The highest BCUT2D eigenvalue weighted by Gasteiger charge is 2.21.